The molecule has 0 aliphatic carbocycles. The molecule has 0 unspecified atom stereocenters. The largest absolute Gasteiger partial charge is 0.396 e. The zero-order chi connectivity index (χ0) is 8.65. The van der Waals surface area contributed by atoms with Gasteiger partial charge < -0.3 is 15.2 Å². The van der Waals surface area contributed by atoms with Gasteiger partial charge in [-0.25, -0.2) is 0 Å². The van der Waals surface area contributed by atoms with E-state index in [1.165, 1.54) is 12.8 Å². The van der Waals surface area contributed by atoms with E-state index in [0.29, 0.717) is 6.61 Å². The average Bonchev–Trinajstić information content (AvgIpc) is 2.14. The molecule has 1 aliphatic rings. The summed E-state index contributed by atoms with van der Waals surface area (Å²) in [4.78, 5) is 0. The van der Waals surface area contributed by atoms with Gasteiger partial charge in [0, 0.05) is 19.8 Å². The lowest BCUT2D eigenvalue weighted by atomic mass is 9.99. The first-order valence-electron chi connectivity index (χ1n) is 4.83. The van der Waals surface area contributed by atoms with Crippen molar-refractivity contribution in [1.82, 2.24) is 5.32 Å². The molecule has 72 valence electrons. The van der Waals surface area contributed by atoms with Crippen molar-refractivity contribution in [3.05, 3.63) is 0 Å². The van der Waals surface area contributed by atoms with Crippen LogP contribution in [0.1, 0.15) is 19.3 Å². The molecule has 0 bridgehead atoms. The molecule has 0 amide bonds. The second-order valence-electron chi connectivity index (χ2n) is 3.35. The van der Waals surface area contributed by atoms with Gasteiger partial charge in [-0.2, -0.15) is 0 Å². The van der Waals surface area contributed by atoms with Gasteiger partial charge in [-0.1, -0.05) is 0 Å². The van der Waals surface area contributed by atoms with Gasteiger partial charge in [-0.3, -0.25) is 0 Å². The van der Waals surface area contributed by atoms with Gasteiger partial charge in [0.2, 0.25) is 0 Å². The summed E-state index contributed by atoms with van der Waals surface area (Å²) in [6.07, 6.45) is 3.24. The van der Waals surface area contributed by atoms with Crippen LogP contribution in [0.2, 0.25) is 0 Å². The number of hydrogen-bond acceptors (Lipinski definition) is 3. The first kappa shape index (κ1) is 9.96. The van der Waals surface area contributed by atoms with Gasteiger partial charge in [0.05, 0.1) is 0 Å². The van der Waals surface area contributed by atoms with E-state index in [0.717, 1.165) is 32.0 Å². The van der Waals surface area contributed by atoms with Gasteiger partial charge in [-0.05, 0) is 38.3 Å². The molecule has 0 aromatic heterocycles. The van der Waals surface area contributed by atoms with E-state index in [1.54, 1.807) is 0 Å². The van der Waals surface area contributed by atoms with Crippen LogP contribution in [-0.2, 0) is 4.74 Å². The maximum atomic E-state index is 8.51. The summed E-state index contributed by atoms with van der Waals surface area (Å²) in [5.74, 6) is 0.741. The fraction of sp³-hybridized carbons (Fsp3) is 1.00. The van der Waals surface area contributed by atoms with Gasteiger partial charge in [0.1, 0.15) is 0 Å². The molecule has 3 nitrogen and oxygen atoms in total. The maximum absolute atomic E-state index is 8.51. The molecule has 1 saturated heterocycles. The van der Waals surface area contributed by atoms with Crippen molar-refractivity contribution in [3.8, 4) is 0 Å². The second kappa shape index (κ2) is 6.40. The minimum absolute atomic E-state index is 0.242. The highest BCUT2D eigenvalue weighted by Crippen LogP contribution is 2.11. The minimum atomic E-state index is 0.242. The first-order chi connectivity index (χ1) is 5.93. The van der Waals surface area contributed by atoms with Crippen LogP contribution in [0.15, 0.2) is 0 Å². The SMILES string of the molecule is OCCCOCC1CCNCC1. The fourth-order valence-electron chi connectivity index (χ4n) is 1.46. The number of aliphatic hydroxyl groups excluding tert-OH is 1. The third kappa shape index (κ3) is 4.04. The summed E-state index contributed by atoms with van der Waals surface area (Å²) in [5.41, 5.74) is 0. The second-order valence-corrected chi connectivity index (χ2v) is 3.35. The monoisotopic (exact) mass is 173 g/mol. The Hall–Kier alpha value is -0.120. The van der Waals surface area contributed by atoms with E-state index < -0.39 is 0 Å². The lowest BCUT2D eigenvalue weighted by molar-refractivity contribution is 0.0769. The van der Waals surface area contributed by atoms with Gasteiger partial charge in [0.25, 0.3) is 0 Å². The lowest BCUT2D eigenvalue weighted by Crippen LogP contribution is -2.30. The Labute approximate surface area is 74.1 Å². The molecule has 0 atom stereocenters. The first-order valence-corrected chi connectivity index (χ1v) is 4.83. The minimum Gasteiger partial charge on any atom is -0.396 e. The predicted octanol–water partition coefficient (Wildman–Crippen LogP) is 0.385. The van der Waals surface area contributed by atoms with Crippen molar-refractivity contribution in [1.29, 1.82) is 0 Å². The van der Waals surface area contributed by atoms with E-state index in [-0.39, 0.29) is 6.61 Å². The van der Waals surface area contributed by atoms with Crippen molar-refractivity contribution in [2.75, 3.05) is 32.9 Å². The Balaban J connectivity index is 1.91. The van der Waals surface area contributed by atoms with E-state index in [9.17, 15) is 0 Å². The highest BCUT2D eigenvalue weighted by molar-refractivity contribution is 4.67. The summed E-state index contributed by atoms with van der Waals surface area (Å²) in [5, 5.41) is 11.8. The molecule has 3 heteroatoms. The standard InChI is InChI=1S/C9H19NO2/c11-6-1-7-12-8-9-2-4-10-5-3-9/h9-11H,1-8H2. The van der Waals surface area contributed by atoms with Gasteiger partial charge in [-0.15, -0.1) is 0 Å². The molecule has 0 aromatic rings. The highest BCUT2D eigenvalue weighted by atomic mass is 16.5. The van der Waals surface area contributed by atoms with Crippen LogP contribution in [0.3, 0.4) is 0 Å². The summed E-state index contributed by atoms with van der Waals surface area (Å²) < 4.78 is 5.43. The van der Waals surface area contributed by atoms with E-state index in [4.69, 9.17) is 9.84 Å². The summed E-state index contributed by atoms with van der Waals surface area (Å²) in [6.45, 7) is 4.09. The van der Waals surface area contributed by atoms with Crippen LogP contribution in [-0.4, -0.2) is 38.0 Å². The highest BCUT2D eigenvalue weighted by Gasteiger charge is 2.12. The van der Waals surface area contributed by atoms with Crippen LogP contribution in [0, 0.1) is 5.92 Å². The van der Waals surface area contributed by atoms with Crippen LogP contribution in [0.5, 0.6) is 0 Å². The topological polar surface area (TPSA) is 41.5 Å². The quantitative estimate of drug-likeness (QED) is 0.591. The third-order valence-corrected chi connectivity index (χ3v) is 2.26. The number of piperidine rings is 1. The van der Waals surface area contributed by atoms with Crippen molar-refractivity contribution in [2.45, 2.75) is 19.3 Å². The molecule has 0 saturated carbocycles. The molecule has 2 N–H and O–H groups in total. The maximum Gasteiger partial charge on any atom is 0.0495 e. The molecular weight excluding hydrogens is 154 g/mol. The Morgan fingerprint density at radius 3 is 2.75 bits per heavy atom. The number of ether oxygens (including phenoxy) is 1. The molecule has 0 spiro atoms. The zero-order valence-corrected chi connectivity index (χ0v) is 7.59. The molecule has 0 radical (unpaired) electrons. The molecule has 1 rings (SSSR count). The number of rotatable bonds is 5. The predicted molar refractivity (Wildman–Crippen MR) is 48.1 cm³/mol. The zero-order valence-electron chi connectivity index (χ0n) is 7.59. The Morgan fingerprint density at radius 1 is 1.33 bits per heavy atom. The number of aliphatic hydroxyl groups is 1. The summed E-state index contributed by atoms with van der Waals surface area (Å²) in [6, 6.07) is 0. The van der Waals surface area contributed by atoms with Crippen molar-refractivity contribution in [2.24, 2.45) is 5.92 Å². The Kier molecular flexibility index (Phi) is 5.32. The van der Waals surface area contributed by atoms with Crippen molar-refractivity contribution < 1.29 is 9.84 Å². The van der Waals surface area contributed by atoms with Crippen molar-refractivity contribution >= 4 is 0 Å². The van der Waals surface area contributed by atoms with Crippen molar-refractivity contribution in [3.63, 3.8) is 0 Å². The number of nitrogens with one attached hydrogen (secondary N) is 1. The average molecular weight is 173 g/mol. The third-order valence-electron chi connectivity index (χ3n) is 2.26. The summed E-state index contributed by atoms with van der Waals surface area (Å²) in [7, 11) is 0. The molecular formula is C9H19NO2. The lowest BCUT2D eigenvalue weighted by Gasteiger charge is -2.22. The van der Waals surface area contributed by atoms with Crippen LogP contribution in [0.4, 0.5) is 0 Å². The molecule has 0 aromatic carbocycles. The van der Waals surface area contributed by atoms with Gasteiger partial charge >= 0.3 is 0 Å². The molecule has 12 heavy (non-hydrogen) atoms. The summed E-state index contributed by atoms with van der Waals surface area (Å²) >= 11 is 0. The van der Waals surface area contributed by atoms with Crippen LogP contribution in [0.25, 0.3) is 0 Å². The van der Waals surface area contributed by atoms with E-state index >= 15 is 0 Å². The molecule has 1 aliphatic heterocycles. The molecule has 1 heterocycles. The Bertz CT molecular complexity index is 103. The number of hydrogen-bond donors (Lipinski definition) is 2. The van der Waals surface area contributed by atoms with Crippen LogP contribution >= 0.6 is 0 Å². The Morgan fingerprint density at radius 2 is 2.08 bits per heavy atom. The van der Waals surface area contributed by atoms with E-state index in [2.05, 4.69) is 5.32 Å². The smallest absolute Gasteiger partial charge is 0.0495 e. The van der Waals surface area contributed by atoms with Gasteiger partial charge in [0.15, 0.2) is 0 Å². The van der Waals surface area contributed by atoms with Crippen LogP contribution < -0.4 is 5.32 Å². The normalized spacial score (nSPS) is 19.8. The molecule has 1 fully saturated rings. The van der Waals surface area contributed by atoms with E-state index in [1.807, 2.05) is 0 Å². The fourth-order valence-corrected chi connectivity index (χ4v) is 1.46.